The Morgan fingerprint density at radius 3 is 2.90 bits per heavy atom. The third kappa shape index (κ3) is 2.61. The van der Waals surface area contributed by atoms with E-state index in [9.17, 15) is 5.11 Å². The lowest BCUT2D eigenvalue weighted by Gasteiger charge is -2.46. The molecule has 1 fully saturated rings. The summed E-state index contributed by atoms with van der Waals surface area (Å²) in [7, 11) is 0. The van der Waals surface area contributed by atoms with Crippen molar-refractivity contribution in [2.75, 3.05) is 6.61 Å². The van der Waals surface area contributed by atoms with E-state index in [0.29, 0.717) is 18.9 Å². The van der Waals surface area contributed by atoms with Gasteiger partial charge in [-0.3, -0.25) is 0 Å². The van der Waals surface area contributed by atoms with Crippen LogP contribution in [0.3, 0.4) is 0 Å². The van der Waals surface area contributed by atoms with Gasteiger partial charge < -0.3 is 14.6 Å². The first kappa shape index (κ1) is 14.4. The SMILES string of the molecule is CC(C)C1CC2(CCO1)C[C@@H](O)c1cc(Br)ccc1O2. The first-order chi connectivity index (χ1) is 9.49. The van der Waals surface area contributed by atoms with Crippen LogP contribution < -0.4 is 4.74 Å². The number of rotatable bonds is 1. The standard InChI is InChI=1S/C16H21BrO3/c1-10(2)15-9-16(5-6-19-15)8-13(18)12-7-11(17)3-4-14(12)20-16/h3-4,7,10,13,15,18H,5-6,8-9H2,1-2H3/t13-,15?,16?/m1/s1. The van der Waals surface area contributed by atoms with Crippen molar-refractivity contribution in [3.05, 3.63) is 28.2 Å². The monoisotopic (exact) mass is 340 g/mol. The van der Waals surface area contributed by atoms with Crippen LogP contribution >= 0.6 is 15.9 Å². The molecule has 4 heteroatoms. The zero-order valence-electron chi connectivity index (χ0n) is 11.9. The van der Waals surface area contributed by atoms with Gasteiger partial charge in [-0.2, -0.15) is 0 Å². The molecule has 2 aliphatic rings. The minimum absolute atomic E-state index is 0.216. The second kappa shape index (κ2) is 5.32. The maximum Gasteiger partial charge on any atom is 0.126 e. The van der Waals surface area contributed by atoms with Crippen LogP contribution in [0.1, 0.15) is 44.8 Å². The molecule has 20 heavy (non-hydrogen) atoms. The average molecular weight is 341 g/mol. The summed E-state index contributed by atoms with van der Waals surface area (Å²) < 4.78 is 13.1. The molecule has 110 valence electrons. The topological polar surface area (TPSA) is 38.7 Å². The van der Waals surface area contributed by atoms with E-state index in [1.165, 1.54) is 0 Å². The lowest BCUT2D eigenvalue weighted by molar-refractivity contribution is -0.127. The molecule has 3 nitrogen and oxygen atoms in total. The number of fused-ring (bicyclic) bond motifs is 1. The van der Waals surface area contributed by atoms with Crippen LogP contribution in [0.15, 0.2) is 22.7 Å². The third-order valence-electron chi connectivity index (χ3n) is 4.43. The molecule has 1 aromatic carbocycles. The lowest BCUT2D eigenvalue weighted by atomic mass is 9.79. The van der Waals surface area contributed by atoms with Gasteiger partial charge in [0.1, 0.15) is 11.4 Å². The van der Waals surface area contributed by atoms with E-state index >= 15 is 0 Å². The maximum atomic E-state index is 10.5. The van der Waals surface area contributed by atoms with Crippen LogP contribution in [0, 0.1) is 5.92 Å². The largest absolute Gasteiger partial charge is 0.487 e. The molecule has 2 heterocycles. The van der Waals surface area contributed by atoms with E-state index in [2.05, 4.69) is 29.8 Å². The molecule has 3 rings (SSSR count). The molecule has 0 aromatic heterocycles. The van der Waals surface area contributed by atoms with Gasteiger partial charge in [0.2, 0.25) is 0 Å². The molecule has 1 N–H and O–H groups in total. The Kier molecular flexibility index (Phi) is 3.82. The molecule has 1 spiro atoms. The van der Waals surface area contributed by atoms with Gasteiger partial charge >= 0.3 is 0 Å². The van der Waals surface area contributed by atoms with Gasteiger partial charge in [0, 0.05) is 29.3 Å². The molecule has 1 aromatic rings. The summed E-state index contributed by atoms with van der Waals surface area (Å²) >= 11 is 3.45. The predicted octanol–water partition coefficient (Wildman–Crippen LogP) is 3.84. The number of ether oxygens (including phenoxy) is 2. The van der Waals surface area contributed by atoms with Crippen LogP contribution in [-0.2, 0) is 4.74 Å². The summed E-state index contributed by atoms with van der Waals surface area (Å²) in [4.78, 5) is 0. The fraction of sp³-hybridized carbons (Fsp3) is 0.625. The molecule has 1 saturated heterocycles. The number of halogens is 1. The van der Waals surface area contributed by atoms with Crippen LogP contribution in [0.2, 0.25) is 0 Å². The fourth-order valence-corrected chi connectivity index (χ4v) is 3.62. The third-order valence-corrected chi connectivity index (χ3v) is 4.92. The number of hydrogen-bond donors (Lipinski definition) is 1. The van der Waals surface area contributed by atoms with Crippen LogP contribution in [0.25, 0.3) is 0 Å². The van der Waals surface area contributed by atoms with Crippen molar-refractivity contribution >= 4 is 15.9 Å². The summed E-state index contributed by atoms with van der Waals surface area (Å²) in [5.41, 5.74) is 0.616. The second-order valence-electron chi connectivity index (χ2n) is 6.29. The molecule has 0 radical (unpaired) electrons. The Hall–Kier alpha value is -0.580. The van der Waals surface area contributed by atoms with Crippen LogP contribution in [0.4, 0.5) is 0 Å². The van der Waals surface area contributed by atoms with Crippen molar-refractivity contribution in [2.45, 2.75) is 50.9 Å². The molecule has 2 aliphatic heterocycles. The Balaban J connectivity index is 1.88. The minimum Gasteiger partial charge on any atom is -0.487 e. The number of hydrogen-bond acceptors (Lipinski definition) is 3. The average Bonchev–Trinajstić information content (AvgIpc) is 2.40. The van der Waals surface area contributed by atoms with Gasteiger partial charge in [-0.15, -0.1) is 0 Å². The molecule has 0 amide bonds. The Bertz CT molecular complexity index is 502. The quantitative estimate of drug-likeness (QED) is 0.844. The number of aliphatic hydroxyl groups is 1. The van der Waals surface area contributed by atoms with Crippen molar-refractivity contribution in [1.29, 1.82) is 0 Å². The minimum atomic E-state index is -0.456. The van der Waals surface area contributed by atoms with Gasteiger partial charge in [-0.05, 0) is 24.1 Å². The Morgan fingerprint density at radius 1 is 1.35 bits per heavy atom. The van der Waals surface area contributed by atoms with E-state index in [4.69, 9.17) is 9.47 Å². The van der Waals surface area contributed by atoms with Crippen molar-refractivity contribution in [3.8, 4) is 5.75 Å². The molecule has 0 bridgehead atoms. The molecule has 3 atom stereocenters. The summed E-state index contributed by atoms with van der Waals surface area (Å²) in [6, 6.07) is 5.86. The highest BCUT2D eigenvalue weighted by molar-refractivity contribution is 9.10. The van der Waals surface area contributed by atoms with Gasteiger partial charge in [-0.1, -0.05) is 29.8 Å². The normalized spacial score (nSPS) is 33.0. The zero-order valence-corrected chi connectivity index (χ0v) is 13.5. The number of aliphatic hydroxyl groups excluding tert-OH is 1. The molecule has 2 unspecified atom stereocenters. The highest BCUT2D eigenvalue weighted by atomic mass is 79.9. The van der Waals surface area contributed by atoms with E-state index < -0.39 is 6.10 Å². The summed E-state index contributed by atoms with van der Waals surface area (Å²) in [5, 5.41) is 10.5. The fourth-order valence-electron chi connectivity index (χ4n) is 3.24. The van der Waals surface area contributed by atoms with E-state index in [-0.39, 0.29) is 11.7 Å². The van der Waals surface area contributed by atoms with Crippen molar-refractivity contribution in [3.63, 3.8) is 0 Å². The van der Waals surface area contributed by atoms with E-state index in [1.807, 2.05) is 18.2 Å². The Labute approximate surface area is 128 Å². The van der Waals surface area contributed by atoms with Gasteiger partial charge in [0.25, 0.3) is 0 Å². The van der Waals surface area contributed by atoms with E-state index in [1.54, 1.807) is 0 Å². The highest BCUT2D eigenvalue weighted by Crippen LogP contribution is 2.46. The van der Waals surface area contributed by atoms with Crippen molar-refractivity contribution in [2.24, 2.45) is 5.92 Å². The summed E-state index contributed by atoms with van der Waals surface area (Å²) in [5.74, 6) is 1.29. The second-order valence-corrected chi connectivity index (χ2v) is 7.21. The van der Waals surface area contributed by atoms with Crippen LogP contribution in [-0.4, -0.2) is 23.4 Å². The lowest BCUT2D eigenvalue weighted by Crippen LogP contribution is -2.49. The smallest absolute Gasteiger partial charge is 0.126 e. The zero-order chi connectivity index (χ0) is 14.3. The van der Waals surface area contributed by atoms with E-state index in [0.717, 1.165) is 28.6 Å². The van der Waals surface area contributed by atoms with Crippen LogP contribution in [0.5, 0.6) is 5.75 Å². The molecule has 0 saturated carbocycles. The number of benzene rings is 1. The highest BCUT2D eigenvalue weighted by Gasteiger charge is 2.45. The Morgan fingerprint density at radius 2 is 2.15 bits per heavy atom. The predicted molar refractivity (Wildman–Crippen MR) is 80.9 cm³/mol. The summed E-state index contributed by atoms with van der Waals surface area (Å²) in [6.45, 7) is 5.06. The molecular formula is C16H21BrO3. The first-order valence-corrected chi connectivity index (χ1v) is 8.06. The van der Waals surface area contributed by atoms with Crippen molar-refractivity contribution in [1.82, 2.24) is 0 Å². The van der Waals surface area contributed by atoms with Gasteiger partial charge in [-0.25, -0.2) is 0 Å². The summed E-state index contributed by atoms with van der Waals surface area (Å²) in [6.07, 6.45) is 2.12. The molecule has 0 aliphatic carbocycles. The van der Waals surface area contributed by atoms with Crippen molar-refractivity contribution < 1.29 is 14.6 Å². The maximum absolute atomic E-state index is 10.5. The molecular weight excluding hydrogens is 320 g/mol. The van der Waals surface area contributed by atoms with Gasteiger partial charge in [0.05, 0.1) is 18.8 Å². The van der Waals surface area contributed by atoms with Gasteiger partial charge in [0.15, 0.2) is 0 Å². The first-order valence-electron chi connectivity index (χ1n) is 7.27.